The molecule has 0 radical (unpaired) electrons. The molecule has 2 nitrogen and oxygen atoms in total. The first-order valence-electron chi connectivity index (χ1n) is 6.19. The van der Waals surface area contributed by atoms with Gasteiger partial charge >= 0.3 is 0 Å². The van der Waals surface area contributed by atoms with E-state index in [1.165, 1.54) is 0 Å². The molecular weight excluding hydrogens is 361 g/mol. The van der Waals surface area contributed by atoms with Crippen LogP contribution in [0.15, 0.2) is 18.2 Å². The van der Waals surface area contributed by atoms with E-state index in [4.69, 9.17) is 11.6 Å². The molecule has 4 heteroatoms. The molecular formula is C14H19ClINO. The van der Waals surface area contributed by atoms with Gasteiger partial charge in [0.2, 0.25) is 0 Å². The third-order valence-electron chi connectivity index (χ3n) is 3.08. The summed E-state index contributed by atoms with van der Waals surface area (Å²) in [6.07, 6.45) is 1.99. The summed E-state index contributed by atoms with van der Waals surface area (Å²) >= 11 is 7.96. The topological polar surface area (TPSA) is 29.1 Å². The molecule has 0 saturated carbocycles. The molecule has 1 N–H and O–H groups in total. The lowest BCUT2D eigenvalue weighted by Gasteiger charge is -2.15. The zero-order valence-corrected chi connectivity index (χ0v) is 13.7. The molecule has 0 aromatic heterocycles. The highest BCUT2D eigenvalue weighted by Crippen LogP contribution is 2.17. The fraction of sp³-hybridized carbons (Fsp3) is 0.500. The van der Waals surface area contributed by atoms with Crippen molar-refractivity contribution in [3.8, 4) is 0 Å². The van der Waals surface area contributed by atoms with E-state index >= 15 is 0 Å². The molecule has 1 aromatic rings. The Balaban J connectivity index is 2.62. The minimum absolute atomic E-state index is 0.0103. The van der Waals surface area contributed by atoms with Crippen LogP contribution in [0.25, 0.3) is 0 Å². The molecule has 0 aliphatic rings. The van der Waals surface area contributed by atoms with E-state index in [0.29, 0.717) is 18.3 Å². The monoisotopic (exact) mass is 379 g/mol. The molecule has 0 spiro atoms. The Bertz CT molecular complexity index is 409. The quantitative estimate of drug-likeness (QED) is 0.588. The highest BCUT2D eigenvalue weighted by Gasteiger charge is 2.13. The predicted octanol–water partition coefficient (Wildman–Crippen LogP) is 3.98. The summed E-state index contributed by atoms with van der Waals surface area (Å²) in [7, 11) is 0. The van der Waals surface area contributed by atoms with Crippen LogP contribution >= 0.6 is 34.2 Å². The third kappa shape index (κ3) is 4.43. The van der Waals surface area contributed by atoms with Gasteiger partial charge in [0.25, 0.3) is 5.91 Å². The van der Waals surface area contributed by atoms with Gasteiger partial charge in [0.05, 0.1) is 5.56 Å². The van der Waals surface area contributed by atoms with Crippen molar-refractivity contribution in [3.63, 3.8) is 0 Å². The first-order valence-corrected chi connectivity index (χ1v) is 7.80. The van der Waals surface area contributed by atoms with Gasteiger partial charge in [-0.1, -0.05) is 25.5 Å². The summed E-state index contributed by atoms with van der Waals surface area (Å²) < 4.78 is 1.03. The minimum atomic E-state index is 0.0103. The van der Waals surface area contributed by atoms with E-state index in [2.05, 4.69) is 34.8 Å². The van der Waals surface area contributed by atoms with Crippen molar-refractivity contribution in [1.29, 1.82) is 0 Å². The summed E-state index contributed by atoms with van der Waals surface area (Å²) in [6, 6.07) is 5.80. The van der Waals surface area contributed by atoms with E-state index < -0.39 is 0 Å². The molecule has 1 unspecified atom stereocenters. The Morgan fingerprint density at radius 3 is 2.83 bits per heavy atom. The number of carbonyl (C=O) groups is 1. The fourth-order valence-corrected chi connectivity index (χ4v) is 2.67. The molecule has 0 heterocycles. The van der Waals surface area contributed by atoms with Crippen molar-refractivity contribution in [3.05, 3.63) is 32.9 Å². The van der Waals surface area contributed by atoms with Crippen LogP contribution in [0.3, 0.4) is 0 Å². The maximum absolute atomic E-state index is 12.1. The predicted molar refractivity (Wildman–Crippen MR) is 85.3 cm³/mol. The van der Waals surface area contributed by atoms with Gasteiger partial charge in [-0.3, -0.25) is 4.79 Å². The average molecular weight is 380 g/mol. The van der Waals surface area contributed by atoms with Gasteiger partial charge in [0.15, 0.2) is 0 Å². The summed E-state index contributed by atoms with van der Waals surface area (Å²) in [5.74, 6) is 1.13. The lowest BCUT2D eigenvalue weighted by molar-refractivity contribution is 0.0945. The molecule has 0 aliphatic heterocycles. The Kier molecular flexibility index (Phi) is 7.00. The summed E-state index contributed by atoms with van der Waals surface area (Å²) in [4.78, 5) is 12.1. The second-order valence-electron chi connectivity index (χ2n) is 4.40. The SMILES string of the molecule is CCC(CCCl)CNC(=O)c1cccc(C)c1I. The zero-order chi connectivity index (χ0) is 13.5. The van der Waals surface area contributed by atoms with Gasteiger partial charge in [-0.15, -0.1) is 11.6 Å². The van der Waals surface area contributed by atoms with Gasteiger partial charge in [0.1, 0.15) is 0 Å². The third-order valence-corrected chi connectivity index (χ3v) is 4.73. The molecule has 0 saturated heterocycles. The van der Waals surface area contributed by atoms with Crippen LogP contribution < -0.4 is 5.32 Å². The second-order valence-corrected chi connectivity index (χ2v) is 5.86. The zero-order valence-electron chi connectivity index (χ0n) is 10.8. The van der Waals surface area contributed by atoms with Gasteiger partial charge in [-0.05, 0) is 53.5 Å². The number of amides is 1. The van der Waals surface area contributed by atoms with E-state index in [1.54, 1.807) is 0 Å². The van der Waals surface area contributed by atoms with Crippen molar-refractivity contribution in [2.75, 3.05) is 12.4 Å². The van der Waals surface area contributed by atoms with Gasteiger partial charge < -0.3 is 5.32 Å². The van der Waals surface area contributed by atoms with E-state index in [9.17, 15) is 4.79 Å². The Hall–Kier alpha value is -0.290. The smallest absolute Gasteiger partial charge is 0.252 e. The molecule has 100 valence electrons. The highest BCUT2D eigenvalue weighted by atomic mass is 127. The van der Waals surface area contributed by atoms with Crippen molar-refractivity contribution >= 4 is 40.1 Å². The lowest BCUT2D eigenvalue weighted by atomic mass is 10.0. The van der Waals surface area contributed by atoms with Crippen LogP contribution in [-0.4, -0.2) is 18.3 Å². The standard InChI is InChI=1S/C14H19ClINO/c1-3-11(7-8-15)9-17-14(18)12-6-4-5-10(2)13(12)16/h4-6,11H,3,7-9H2,1-2H3,(H,17,18). The van der Waals surface area contributed by atoms with Crippen molar-refractivity contribution in [2.45, 2.75) is 26.7 Å². The first kappa shape index (κ1) is 15.8. The number of rotatable bonds is 6. The molecule has 0 aliphatic carbocycles. The van der Waals surface area contributed by atoms with Crippen LogP contribution in [0.4, 0.5) is 0 Å². The van der Waals surface area contributed by atoms with Gasteiger partial charge in [0, 0.05) is 16.0 Å². The number of hydrogen-bond donors (Lipinski definition) is 1. The molecule has 1 amide bonds. The Labute approximate surface area is 128 Å². The molecule has 0 bridgehead atoms. The Morgan fingerprint density at radius 1 is 1.50 bits per heavy atom. The number of alkyl halides is 1. The number of carbonyl (C=O) groups excluding carboxylic acids is 1. The second kappa shape index (κ2) is 8.00. The molecule has 18 heavy (non-hydrogen) atoms. The number of hydrogen-bond acceptors (Lipinski definition) is 1. The normalized spacial score (nSPS) is 12.2. The van der Waals surface area contributed by atoms with Crippen LogP contribution in [0.1, 0.15) is 35.7 Å². The molecule has 1 rings (SSSR count). The highest BCUT2D eigenvalue weighted by molar-refractivity contribution is 14.1. The molecule has 1 atom stereocenters. The number of halogens is 2. The van der Waals surface area contributed by atoms with Gasteiger partial charge in [-0.25, -0.2) is 0 Å². The number of nitrogens with one attached hydrogen (secondary N) is 1. The van der Waals surface area contributed by atoms with Crippen molar-refractivity contribution < 1.29 is 4.79 Å². The van der Waals surface area contributed by atoms with Crippen molar-refractivity contribution in [1.82, 2.24) is 5.32 Å². The van der Waals surface area contributed by atoms with E-state index in [-0.39, 0.29) is 5.91 Å². The van der Waals surface area contributed by atoms with E-state index in [1.807, 2.05) is 25.1 Å². The van der Waals surface area contributed by atoms with Crippen molar-refractivity contribution in [2.24, 2.45) is 5.92 Å². The average Bonchev–Trinajstić information content (AvgIpc) is 2.37. The van der Waals surface area contributed by atoms with Crippen LogP contribution in [0, 0.1) is 16.4 Å². The first-order chi connectivity index (χ1) is 8.60. The number of benzene rings is 1. The summed E-state index contributed by atoms with van der Waals surface area (Å²) in [5, 5.41) is 3.00. The molecule has 0 fully saturated rings. The van der Waals surface area contributed by atoms with E-state index in [0.717, 1.165) is 27.5 Å². The largest absolute Gasteiger partial charge is 0.352 e. The number of aryl methyl sites for hydroxylation is 1. The lowest BCUT2D eigenvalue weighted by Crippen LogP contribution is -2.30. The maximum atomic E-state index is 12.1. The van der Waals surface area contributed by atoms with Gasteiger partial charge in [-0.2, -0.15) is 0 Å². The van der Waals surface area contributed by atoms with Crippen LogP contribution in [0.5, 0.6) is 0 Å². The summed E-state index contributed by atoms with van der Waals surface area (Å²) in [5.41, 5.74) is 1.90. The summed E-state index contributed by atoms with van der Waals surface area (Å²) in [6.45, 7) is 4.84. The fourth-order valence-electron chi connectivity index (χ4n) is 1.76. The van der Waals surface area contributed by atoms with Crippen LogP contribution in [0.2, 0.25) is 0 Å². The minimum Gasteiger partial charge on any atom is -0.352 e. The Morgan fingerprint density at radius 2 is 2.22 bits per heavy atom. The van der Waals surface area contributed by atoms with Crippen LogP contribution in [-0.2, 0) is 0 Å². The molecule has 1 aromatic carbocycles. The maximum Gasteiger partial charge on any atom is 0.252 e.